The van der Waals surface area contributed by atoms with Crippen LogP contribution in [-0.2, 0) is 3.07 Å². The Morgan fingerprint density at radius 3 is 1.95 bits per heavy atom. The average Bonchev–Trinajstić information content (AvgIpc) is 2.67. The second-order valence-electron chi connectivity index (χ2n) is 6.38. The minimum atomic E-state index is -1.89. The van der Waals surface area contributed by atoms with Crippen LogP contribution < -0.4 is 0 Å². The fourth-order valence-corrected chi connectivity index (χ4v) is 27.7. The Labute approximate surface area is 130 Å². The van der Waals surface area contributed by atoms with E-state index in [0.29, 0.717) is 16.6 Å². The van der Waals surface area contributed by atoms with Crippen molar-refractivity contribution in [2.45, 2.75) is 58.2 Å². The van der Waals surface area contributed by atoms with Crippen molar-refractivity contribution in [3.63, 3.8) is 0 Å². The molecule has 1 aromatic carbocycles. The number of carbonyl (C=O) groups excluding carboxylic acids is 1. The normalized spacial score (nSPS) is 17.1. The van der Waals surface area contributed by atoms with E-state index in [0.717, 1.165) is 5.56 Å². The molecule has 1 aliphatic heterocycles. The first-order valence-electron chi connectivity index (χ1n) is 7.35. The Kier molecular flexibility index (Phi) is 4.64. The van der Waals surface area contributed by atoms with Crippen molar-refractivity contribution < 1.29 is 7.86 Å². The van der Waals surface area contributed by atoms with Gasteiger partial charge in [-0.05, 0) is 0 Å². The van der Waals surface area contributed by atoms with Gasteiger partial charge in [-0.25, -0.2) is 0 Å². The van der Waals surface area contributed by atoms with Crippen molar-refractivity contribution in [2.24, 2.45) is 0 Å². The summed E-state index contributed by atoms with van der Waals surface area (Å²) in [5.41, 5.74) is 1.11. The van der Waals surface area contributed by atoms with Gasteiger partial charge in [0.1, 0.15) is 0 Å². The van der Waals surface area contributed by atoms with Crippen LogP contribution in [0, 0.1) is 3.57 Å². The van der Waals surface area contributed by atoms with Gasteiger partial charge in [-0.1, -0.05) is 0 Å². The third kappa shape index (κ3) is 2.24. The first-order valence-corrected chi connectivity index (χ1v) is 14.7. The topological polar surface area (TPSA) is 26.3 Å². The fraction of sp³-hybridized carbons (Fsp3) is 0.562. The summed E-state index contributed by atoms with van der Waals surface area (Å²) in [6.45, 7) is 14.1. The monoisotopic (exact) mass is 404 g/mol. The molecule has 0 amide bonds. The molecule has 1 aliphatic rings. The van der Waals surface area contributed by atoms with Crippen molar-refractivity contribution in [1.82, 2.24) is 0 Å². The molecule has 20 heavy (non-hydrogen) atoms. The number of carbonyl (C=O) groups is 1. The summed E-state index contributed by atoms with van der Waals surface area (Å²) in [5, 5.41) is 0. The van der Waals surface area contributed by atoms with Crippen LogP contribution in [0.1, 0.15) is 51.9 Å². The van der Waals surface area contributed by atoms with E-state index < -0.39 is 25.0 Å². The van der Waals surface area contributed by atoms with Crippen molar-refractivity contribution >= 4 is 31.0 Å². The summed E-state index contributed by atoms with van der Waals surface area (Å²) in [7, 11) is 0. The van der Waals surface area contributed by atoms with E-state index in [1.54, 1.807) is 0 Å². The number of rotatable bonds is 4. The molecule has 0 saturated heterocycles. The first-order chi connectivity index (χ1) is 9.33. The SMILES string of the molecule is CC(C)[Si](C(C)C)(C(C)C)I1OC(=O)c2ccccc21. The quantitative estimate of drug-likeness (QED) is 0.370. The van der Waals surface area contributed by atoms with Crippen molar-refractivity contribution in [2.75, 3.05) is 0 Å². The van der Waals surface area contributed by atoms with Gasteiger partial charge in [0.25, 0.3) is 0 Å². The summed E-state index contributed by atoms with van der Waals surface area (Å²) in [6.07, 6.45) is 0. The van der Waals surface area contributed by atoms with Gasteiger partial charge in [0.05, 0.1) is 0 Å². The molecule has 1 heterocycles. The molecule has 4 heteroatoms. The molecule has 0 N–H and O–H groups in total. The summed E-state index contributed by atoms with van der Waals surface area (Å²) in [5.74, 6) is -0.0652. The predicted octanol–water partition coefficient (Wildman–Crippen LogP) is 5.62. The van der Waals surface area contributed by atoms with Gasteiger partial charge in [-0.3, -0.25) is 0 Å². The second-order valence-corrected chi connectivity index (χ2v) is 22.4. The van der Waals surface area contributed by atoms with Crippen LogP contribution in [0.15, 0.2) is 24.3 Å². The maximum atomic E-state index is 12.2. The first kappa shape index (κ1) is 16.0. The second kappa shape index (κ2) is 5.79. The Balaban J connectivity index is 2.60. The van der Waals surface area contributed by atoms with Crippen LogP contribution in [0.2, 0.25) is 16.6 Å². The van der Waals surface area contributed by atoms with Crippen LogP contribution in [0.5, 0.6) is 0 Å². The van der Waals surface area contributed by atoms with Crippen molar-refractivity contribution in [1.29, 1.82) is 0 Å². The van der Waals surface area contributed by atoms with E-state index in [2.05, 4.69) is 53.7 Å². The van der Waals surface area contributed by atoms with Gasteiger partial charge in [0.2, 0.25) is 0 Å². The molecule has 0 aliphatic carbocycles. The molecule has 0 radical (unpaired) electrons. The standard InChI is InChI=1S/C16H25IO2Si/c1-11(2)20(12(3)4,13(5)6)17-15-10-8-7-9-14(15)16(18)19-17/h7-13H,1-6H3. The maximum absolute atomic E-state index is 12.2. The van der Waals surface area contributed by atoms with Crippen LogP contribution >= 0.6 is 19.4 Å². The van der Waals surface area contributed by atoms with E-state index >= 15 is 0 Å². The molecule has 0 atom stereocenters. The van der Waals surface area contributed by atoms with Gasteiger partial charge >= 0.3 is 130 Å². The number of hydrogen-bond donors (Lipinski definition) is 0. The molecule has 112 valence electrons. The van der Waals surface area contributed by atoms with Crippen LogP contribution in [0.3, 0.4) is 0 Å². The molecule has 0 aromatic heterocycles. The number of halogens is 1. The summed E-state index contributed by atoms with van der Waals surface area (Å²) < 4.78 is 7.34. The van der Waals surface area contributed by atoms with Gasteiger partial charge in [-0.2, -0.15) is 0 Å². The summed E-state index contributed by atoms with van der Waals surface area (Å²) in [6, 6.07) is 8.10. The zero-order valence-electron chi connectivity index (χ0n) is 13.2. The summed E-state index contributed by atoms with van der Waals surface area (Å²) in [4.78, 5) is 12.2. The van der Waals surface area contributed by atoms with Crippen LogP contribution in [0.4, 0.5) is 0 Å². The molecular formula is C16H25IO2Si. The third-order valence-electron chi connectivity index (χ3n) is 4.38. The van der Waals surface area contributed by atoms with Gasteiger partial charge in [-0.15, -0.1) is 0 Å². The molecule has 2 nitrogen and oxygen atoms in total. The van der Waals surface area contributed by atoms with Crippen molar-refractivity contribution in [3.8, 4) is 0 Å². The molecule has 0 unspecified atom stereocenters. The van der Waals surface area contributed by atoms with Gasteiger partial charge < -0.3 is 0 Å². The number of fused-ring (bicyclic) bond motifs is 1. The molecule has 0 bridgehead atoms. The van der Waals surface area contributed by atoms with E-state index in [4.69, 9.17) is 3.07 Å². The molecule has 1 aromatic rings. The van der Waals surface area contributed by atoms with E-state index in [9.17, 15) is 4.79 Å². The van der Waals surface area contributed by atoms with E-state index in [-0.39, 0.29) is 5.97 Å². The van der Waals surface area contributed by atoms with E-state index in [1.165, 1.54) is 3.57 Å². The van der Waals surface area contributed by atoms with Crippen molar-refractivity contribution in [3.05, 3.63) is 33.4 Å². The van der Waals surface area contributed by atoms with Crippen LogP contribution in [0.25, 0.3) is 0 Å². The average molecular weight is 404 g/mol. The zero-order chi connectivity index (χ0) is 15.1. The van der Waals surface area contributed by atoms with E-state index in [1.807, 2.05) is 12.1 Å². The van der Waals surface area contributed by atoms with Gasteiger partial charge in [0.15, 0.2) is 0 Å². The zero-order valence-corrected chi connectivity index (χ0v) is 16.4. The molecule has 0 fully saturated rings. The third-order valence-corrected chi connectivity index (χ3v) is 31.3. The minimum absolute atomic E-state index is 0.0652. The Hall–Kier alpha value is -0.363. The van der Waals surface area contributed by atoms with Crippen LogP contribution in [-0.4, -0.2) is 11.5 Å². The number of hydrogen-bond acceptors (Lipinski definition) is 2. The molecule has 2 rings (SSSR count). The van der Waals surface area contributed by atoms with Gasteiger partial charge in [0, 0.05) is 0 Å². The Morgan fingerprint density at radius 2 is 1.45 bits per heavy atom. The summed E-state index contributed by atoms with van der Waals surface area (Å²) >= 11 is -1.89. The Morgan fingerprint density at radius 1 is 0.950 bits per heavy atom. The Bertz CT molecular complexity index is 489. The number of benzene rings is 1. The molecular weight excluding hydrogens is 379 g/mol. The fourth-order valence-electron chi connectivity index (χ4n) is 3.77. The molecule has 0 spiro atoms. The molecule has 0 saturated carbocycles. The predicted molar refractivity (Wildman–Crippen MR) is 95.6 cm³/mol.